The second-order valence-electron chi connectivity index (χ2n) is 1.62. The van der Waals surface area contributed by atoms with Crippen LogP contribution in [-0.2, 0) is 14.3 Å². The van der Waals surface area contributed by atoms with Gasteiger partial charge in [0.15, 0.2) is 0 Å². The van der Waals surface area contributed by atoms with Gasteiger partial charge in [0.25, 0.3) is 0 Å². The first-order chi connectivity index (χ1) is 6.08. The zero-order valence-corrected chi connectivity index (χ0v) is 10.1. The number of rotatable bonds is 4. The summed E-state index contributed by atoms with van der Waals surface area (Å²) in [5.74, 6) is -1.73. The van der Waals surface area contributed by atoms with Crippen LogP contribution in [0.25, 0.3) is 0 Å². The van der Waals surface area contributed by atoms with Crippen LogP contribution in [0.15, 0.2) is 25.3 Å². The molecule has 0 atom stereocenters. The van der Waals surface area contributed by atoms with E-state index in [1.54, 1.807) is 0 Å². The standard InChI is InChI=1S/C5H8O3.C3H4O2.Na/c1-2-5(7)8-4-3-6;1-2-3(4)5;/h2,6H,1,3-4H2;2H,1H2,(H,4,5);/q;;+1/p-1. The van der Waals surface area contributed by atoms with Crippen molar-refractivity contribution in [2.75, 3.05) is 13.2 Å². The zero-order valence-electron chi connectivity index (χ0n) is 8.06. The van der Waals surface area contributed by atoms with E-state index < -0.39 is 11.9 Å². The molecule has 0 aromatic rings. The third kappa shape index (κ3) is 22.5. The molecule has 1 N–H and O–H groups in total. The van der Waals surface area contributed by atoms with Gasteiger partial charge < -0.3 is 19.7 Å². The van der Waals surface area contributed by atoms with Gasteiger partial charge in [-0.05, 0) is 6.08 Å². The van der Waals surface area contributed by atoms with E-state index >= 15 is 0 Å². The molecule has 0 aliphatic carbocycles. The van der Waals surface area contributed by atoms with Crippen molar-refractivity contribution < 1.29 is 54.1 Å². The van der Waals surface area contributed by atoms with Crippen molar-refractivity contribution in [3.05, 3.63) is 25.3 Å². The molecular formula is C8H11NaO5. The van der Waals surface area contributed by atoms with Crippen LogP contribution in [0.3, 0.4) is 0 Å². The van der Waals surface area contributed by atoms with Crippen LogP contribution >= 0.6 is 0 Å². The minimum Gasteiger partial charge on any atom is -0.545 e. The van der Waals surface area contributed by atoms with Crippen molar-refractivity contribution in [2.24, 2.45) is 0 Å². The van der Waals surface area contributed by atoms with Gasteiger partial charge in [0, 0.05) is 6.08 Å². The van der Waals surface area contributed by atoms with Gasteiger partial charge in [0.05, 0.1) is 12.6 Å². The van der Waals surface area contributed by atoms with E-state index in [9.17, 15) is 4.79 Å². The molecule has 0 aliphatic rings. The Hall–Kier alpha value is -0.620. The number of carbonyl (C=O) groups excluding carboxylic acids is 2. The van der Waals surface area contributed by atoms with Crippen LogP contribution in [0.1, 0.15) is 0 Å². The summed E-state index contributed by atoms with van der Waals surface area (Å²) < 4.78 is 4.33. The Balaban J connectivity index is -0.000000177. The summed E-state index contributed by atoms with van der Waals surface area (Å²) in [5.41, 5.74) is 0. The Morgan fingerprint density at radius 3 is 2.00 bits per heavy atom. The number of carbonyl (C=O) groups is 2. The molecule has 6 heteroatoms. The molecule has 14 heavy (non-hydrogen) atoms. The molecule has 5 nitrogen and oxygen atoms in total. The summed E-state index contributed by atoms with van der Waals surface area (Å²) in [6.07, 6.45) is 1.77. The third-order valence-corrected chi connectivity index (χ3v) is 0.669. The normalized spacial score (nSPS) is 6.93. The van der Waals surface area contributed by atoms with Crippen molar-refractivity contribution >= 4 is 11.9 Å². The second-order valence-corrected chi connectivity index (χ2v) is 1.62. The number of aliphatic hydroxyl groups excluding tert-OH is 1. The maximum Gasteiger partial charge on any atom is 1.00 e. The van der Waals surface area contributed by atoms with Crippen molar-refractivity contribution in [3.63, 3.8) is 0 Å². The summed E-state index contributed by atoms with van der Waals surface area (Å²) in [7, 11) is 0. The third-order valence-electron chi connectivity index (χ3n) is 0.669. The number of hydrogen-bond acceptors (Lipinski definition) is 5. The van der Waals surface area contributed by atoms with E-state index in [4.69, 9.17) is 15.0 Å². The Labute approximate surface area is 104 Å². The molecule has 0 aromatic carbocycles. The summed E-state index contributed by atoms with van der Waals surface area (Å²) in [6, 6.07) is 0. The fourth-order valence-corrected chi connectivity index (χ4v) is 0.205. The van der Waals surface area contributed by atoms with E-state index in [2.05, 4.69) is 17.9 Å². The minimum atomic E-state index is -1.23. The van der Waals surface area contributed by atoms with Gasteiger partial charge in [-0.3, -0.25) is 0 Å². The van der Waals surface area contributed by atoms with Crippen molar-refractivity contribution in [3.8, 4) is 0 Å². The Morgan fingerprint density at radius 1 is 1.36 bits per heavy atom. The first-order valence-electron chi connectivity index (χ1n) is 3.32. The number of ether oxygens (including phenoxy) is 1. The molecule has 0 aromatic heterocycles. The Morgan fingerprint density at radius 2 is 1.79 bits per heavy atom. The molecule has 0 rings (SSSR count). The van der Waals surface area contributed by atoms with Crippen molar-refractivity contribution in [1.82, 2.24) is 0 Å². The number of esters is 1. The molecule has 74 valence electrons. The average molecular weight is 210 g/mol. The molecule has 0 bridgehead atoms. The fraction of sp³-hybridized carbons (Fsp3) is 0.250. The van der Waals surface area contributed by atoms with Gasteiger partial charge in [-0.25, -0.2) is 4.79 Å². The van der Waals surface area contributed by atoms with E-state index in [1.807, 2.05) is 0 Å². The topological polar surface area (TPSA) is 86.7 Å². The minimum absolute atomic E-state index is 0. The van der Waals surface area contributed by atoms with Crippen LogP contribution in [0.2, 0.25) is 0 Å². The van der Waals surface area contributed by atoms with Gasteiger partial charge >= 0.3 is 35.5 Å². The van der Waals surface area contributed by atoms with E-state index in [1.165, 1.54) is 0 Å². The van der Waals surface area contributed by atoms with Crippen molar-refractivity contribution in [1.29, 1.82) is 0 Å². The molecule has 0 spiro atoms. The maximum absolute atomic E-state index is 10.1. The summed E-state index contributed by atoms with van der Waals surface area (Å²) in [6.45, 7) is 5.96. The number of aliphatic carboxylic acids is 1. The van der Waals surface area contributed by atoms with Crippen molar-refractivity contribution in [2.45, 2.75) is 0 Å². The second kappa shape index (κ2) is 14.9. The van der Waals surface area contributed by atoms with Crippen LogP contribution in [-0.4, -0.2) is 30.3 Å². The first kappa shape index (κ1) is 19.0. The molecule has 0 unspecified atom stereocenters. The van der Waals surface area contributed by atoms with Gasteiger partial charge in [-0.2, -0.15) is 0 Å². The van der Waals surface area contributed by atoms with Gasteiger partial charge in [0.2, 0.25) is 0 Å². The van der Waals surface area contributed by atoms with Crippen LogP contribution in [0.5, 0.6) is 0 Å². The summed E-state index contributed by atoms with van der Waals surface area (Å²) in [4.78, 5) is 19.3. The average Bonchev–Trinajstić information content (AvgIpc) is 2.15. The molecule has 0 heterocycles. The van der Waals surface area contributed by atoms with Gasteiger partial charge in [0.1, 0.15) is 6.61 Å². The zero-order chi connectivity index (χ0) is 10.7. The number of carboxylic acid groups (broad SMARTS) is 1. The number of carboxylic acids is 1. The molecule has 0 fully saturated rings. The Bertz CT molecular complexity index is 190. The summed E-state index contributed by atoms with van der Waals surface area (Å²) >= 11 is 0. The molecule has 0 aliphatic heterocycles. The SMILES string of the molecule is C=CC(=O)OCCO.C=CC(=O)[O-].[Na+]. The van der Waals surface area contributed by atoms with Gasteiger partial charge in [-0.15, -0.1) is 0 Å². The molecule has 0 saturated heterocycles. The quantitative estimate of drug-likeness (QED) is 0.288. The van der Waals surface area contributed by atoms with E-state index in [0.717, 1.165) is 12.2 Å². The van der Waals surface area contributed by atoms with Gasteiger partial charge in [-0.1, -0.05) is 13.2 Å². The molecule has 0 radical (unpaired) electrons. The Kier molecular flexibility index (Phi) is 20.2. The molecule has 0 saturated carbocycles. The predicted molar refractivity (Wildman–Crippen MR) is 43.4 cm³/mol. The summed E-state index contributed by atoms with van der Waals surface area (Å²) in [5, 5.41) is 17.2. The smallest absolute Gasteiger partial charge is 0.545 e. The molecular weight excluding hydrogens is 199 g/mol. The first-order valence-corrected chi connectivity index (χ1v) is 3.32. The maximum atomic E-state index is 10.1. The largest absolute Gasteiger partial charge is 1.00 e. The van der Waals surface area contributed by atoms with E-state index in [0.29, 0.717) is 0 Å². The van der Waals surface area contributed by atoms with Crippen LogP contribution in [0.4, 0.5) is 0 Å². The number of hydrogen-bond donors (Lipinski definition) is 1. The fourth-order valence-electron chi connectivity index (χ4n) is 0.205. The van der Waals surface area contributed by atoms with Crippen LogP contribution in [0, 0.1) is 0 Å². The van der Waals surface area contributed by atoms with E-state index in [-0.39, 0.29) is 42.8 Å². The monoisotopic (exact) mass is 210 g/mol. The number of aliphatic hydroxyl groups is 1. The molecule has 0 amide bonds. The predicted octanol–water partition coefficient (Wildman–Crippen LogP) is -4.37. The van der Waals surface area contributed by atoms with Crippen LogP contribution < -0.4 is 34.7 Å².